The third kappa shape index (κ3) is 9.88. The van der Waals surface area contributed by atoms with Crippen molar-refractivity contribution in [1.29, 1.82) is 0 Å². The van der Waals surface area contributed by atoms with Crippen LogP contribution in [0.5, 0.6) is 0 Å². The second kappa shape index (κ2) is 16.7. The van der Waals surface area contributed by atoms with Crippen LogP contribution in [0, 0.1) is 17.8 Å². The fraction of sp³-hybridized carbons (Fsp3) is 0.647. The smallest absolute Gasteiger partial charge is 0.335 e. The number of aliphatic hydroxyl groups excluding tert-OH is 2. The number of unbranched alkanes of at least 4 members (excludes halogenated alkanes) is 2. The molecule has 0 amide bonds. The van der Waals surface area contributed by atoms with E-state index in [9.17, 15) is 9.59 Å². The average molecular weight is 555 g/mol. The van der Waals surface area contributed by atoms with E-state index in [4.69, 9.17) is 19.7 Å². The molecule has 0 spiro atoms. The third-order valence-electron chi connectivity index (χ3n) is 8.99. The number of esters is 2. The molecule has 3 rings (SSSR count). The first-order chi connectivity index (χ1) is 19.3. The van der Waals surface area contributed by atoms with Crippen LogP contribution in [0.1, 0.15) is 100 Å². The maximum absolute atomic E-state index is 12.1. The molecule has 1 fully saturated rings. The monoisotopic (exact) mass is 554 g/mol. The van der Waals surface area contributed by atoms with E-state index in [1.165, 1.54) is 81.8 Å². The lowest BCUT2D eigenvalue weighted by Gasteiger charge is -2.31. The summed E-state index contributed by atoms with van der Waals surface area (Å²) >= 11 is 0. The van der Waals surface area contributed by atoms with Crippen LogP contribution in [-0.2, 0) is 31.9 Å². The molecule has 1 aromatic carbocycles. The van der Waals surface area contributed by atoms with E-state index < -0.39 is 25.2 Å². The van der Waals surface area contributed by atoms with Gasteiger partial charge in [-0.15, -0.1) is 0 Å². The molecule has 2 aliphatic rings. The molecular weight excluding hydrogens is 504 g/mol. The standard InChI is InChI=1S/C34H50O6/c1-4-5-6-7-26-8-10-27(11-9-26)12-13-28-14-15-30-19-31(17-16-29(30)18-28)32(22-39-33(37)24(2)20-35)23-40-34(38)25(3)21-36/h16-17,19,26-28,32,35-36H,2-15,18,20-23H2,1H3. The molecule has 2 N–H and O–H groups in total. The Morgan fingerprint density at radius 3 is 1.98 bits per heavy atom. The van der Waals surface area contributed by atoms with Crippen molar-refractivity contribution in [3.63, 3.8) is 0 Å². The summed E-state index contributed by atoms with van der Waals surface area (Å²) in [5.74, 6) is 0.865. The summed E-state index contributed by atoms with van der Waals surface area (Å²) in [7, 11) is 0. The third-order valence-corrected chi connectivity index (χ3v) is 8.99. The number of hydrogen-bond acceptors (Lipinski definition) is 6. The van der Waals surface area contributed by atoms with Gasteiger partial charge in [0.15, 0.2) is 0 Å². The van der Waals surface area contributed by atoms with Gasteiger partial charge in [0.1, 0.15) is 13.2 Å². The lowest BCUT2D eigenvalue weighted by atomic mass is 9.75. The number of carbonyl (C=O) groups excluding carboxylic acids is 2. The Labute approximate surface area is 240 Å². The van der Waals surface area contributed by atoms with E-state index in [1.54, 1.807) is 0 Å². The number of hydrogen-bond donors (Lipinski definition) is 2. The van der Waals surface area contributed by atoms with E-state index in [1.807, 2.05) is 6.07 Å². The van der Waals surface area contributed by atoms with Crippen LogP contribution < -0.4 is 0 Å². The van der Waals surface area contributed by atoms with Gasteiger partial charge in [-0.2, -0.15) is 0 Å². The summed E-state index contributed by atoms with van der Waals surface area (Å²) in [5.41, 5.74) is 3.57. The maximum Gasteiger partial charge on any atom is 0.335 e. The molecule has 1 aromatic rings. The van der Waals surface area contributed by atoms with Gasteiger partial charge >= 0.3 is 11.9 Å². The molecule has 6 heteroatoms. The topological polar surface area (TPSA) is 93.1 Å². The molecule has 222 valence electrons. The predicted molar refractivity (Wildman–Crippen MR) is 158 cm³/mol. The Morgan fingerprint density at radius 2 is 1.40 bits per heavy atom. The van der Waals surface area contributed by atoms with Crippen molar-refractivity contribution in [2.45, 2.75) is 96.3 Å². The second-order valence-corrected chi connectivity index (χ2v) is 12.0. The quantitative estimate of drug-likeness (QED) is 0.143. The van der Waals surface area contributed by atoms with Crippen LogP contribution in [0.2, 0.25) is 0 Å². The maximum atomic E-state index is 12.1. The molecule has 0 aromatic heterocycles. The van der Waals surface area contributed by atoms with Crippen LogP contribution in [0.15, 0.2) is 42.5 Å². The number of aliphatic hydroxyl groups is 2. The summed E-state index contributed by atoms with van der Waals surface area (Å²) in [6.45, 7) is 8.32. The Kier molecular flexibility index (Phi) is 13.4. The van der Waals surface area contributed by atoms with Crippen molar-refractivity contribution in [3.05, 3.63) is 59.2 Å². The molecule has 6 nitrogen and oxygen atoms in total. The number of fused-ring (bicyclic) bond motifs is 1. The van der Waals surface area contributed by atoms with Crippen molar-refractivity contribution >= 4 is 11.9 Å². The SMILES string of the molecule is C=C(CO)C(=O)OCC(COC(=O)C(=C)CO)c1ccc2c(c1)CCC(CCC1CCC(CCCCC)CC1)C2. The molecule has 2 aliphatic carbocycles. The second-order valence-electron chi connectivity index (χ2n) is 12.0. The normalized spacial score (nSPS) is 20.6. The summed E-state index contributed by atoms with van der Waals surface area (Å²) in [4.78, 5) is 24.2. The Balaban J connectivity index is 1.54. The molecular formula is C34H50O6. The largest absolute Gasteiger partial charge is 0.461 e. The minimum absolute atomic E-state index is 0.0149. The predicted octanol–water partition coefficient (Wildman–Crippen LogP) is 6.23. The minimum Gasteiger partial charge on any atom is -0.461 e. The van der Waals surface area contributed by atoms with Gasteiger partial charge < -0.3 is 19.7 Å². The van der Waals surface area contributed by atoms with Crippen molar-refractivity contribution in [2.24, 2.45) is 17.8 Å². The zero-order chi connectivity index (χ0) is 28.9. The summed E-state index contributed by atoms with van der Waals surface area (Å²) in [6.07, 6.45) is 17.2. The van der Waals surface area contributed by atoms with Gasteiger partial charge in [-0.05, 0) is 60.1 Å². The van der Waals surface area contributed by atoms with Gasteiger partial charge in [0.2, 0.25) is 0 Å². The molecule has 1 saturated carbocycles. The number of aryl methyl sites for hydroxylation is 1. The van der Waals surface area contributed by atoms with Crippen LogP contribution >= 0.6 is 0 Å². The van der Waals surface area contributed by atoms with Gasteiger partial charge in [0.25, 0.3) is 0 Å². The van der Waals surface area contributed by atoms with Gasteiger partial charge in [-0.25, -0.2) is 9.59 Å². The fourth-order valence-electron chi connectivity index (χ4n) is 6.24. The first kappa shape index (κ1) is 32.1. The molecule has 0 bridgehead atoms. The zero-order valence-electron chi connectivity index (χ0n) is 24.5. The van der Waals surface area contributed by atoms with Crippen LogP contribution in [0.25, 0.3) is 0 Å². The fourth-order valence-corrected chi connectivity index (χ4v) is 6.24. The van der Waals surface area contributed by atoms with E-state index in [-0.39, 0.29) is 30.3 Å². The van der Waals surface area contributed by atoms with Gasteiger partial charge in [-0.1, -0.05) is 96.1 Å². The first-order valence-corrected chi connectivity index (χ1v) is 15.4. The molecule has 0 saturated heterocycles. The lowest BCUT2D eigenvalue weighted by Crippen LogP contribution is -2.22. The van der Waals surface area contributed by atoms with E-state index in [2.05, 4.69) is 32.2 Å². The zero-order valence-corrected chi connectivity index (χ0v) is 24.5. The summed E-state index contributed by atoms with van der Waals surface area (Å²) in [6, 6.07) is 6.36. The highest BCUT2D eigenvalue weighted by molar-refractivity contribution is 5.88. The molecule has 0 heterocycles. The molecule has 1 unspecified atom stereocenters. The van der Waals surface area contributed by atoms with Crippen LogP contribution in [0.3, 0.4) is 0 Å². The number of ether oxygens (including phenoxy) is 2. The Bertz CT molecular complexity index is 958. The first-order valence-electron chi connectivity index (χ1n) is 15.4. The van der Waals surface area contributed by atoms with Crippen molar-refractivity contribution in [3.8, 4) is 0 Å². The summed E-state index contributed by atoms with van der Waals surface area (Å²) < 4.78 is 10.7. The highest BCUT2D eigenvalue weighted by Crippen LogP contribution is 2.37. The van der Waals surface area contributed by atoms with Crippen LogP contribution in [-0.4, -0.2) is 48.6 Å². The summed E-state index contributed by atoms with van der Waals surface area (Å²) in [5, 5.41) is 18.3. The molecule has 1 atom stereocenters. The lowest BCUT2D eigenvalue weighted by molar-refractivity contribution is -0.142. The number of benzene rings is 1. The van der Waals surface area contributed by atoms with Gasteiger partial charge in [0, 0.05) is 0 Å². The van der Waals surface area contributed by atoms with Crippen molar-refractivity contribution in [1.82, 2.24) is 0 Å². The molecule has 0 aliphatic heterocycles. The van der Waals surface area contributed by atoms with Crippen molar-refractivity contribution < 1.29 is 29.3 Å². The van der Waals surface area contributed by atoms with E-state index in [0.29, 0.717) is 0 Å². The Hall–Kier alpha value is -2.44. The number of rotatable bonds is 16. The van der Waals surface area contributed by atoms with Crippen LogP contribution in [0.4, 0.5) is 0 Å². The molecule has 40 heavy (non-hydrogen) atoms. The Morgan fingerprint density at radius 1 is 0.825 bits per heavy atom. The molecule has 0 radical (unpaired) electrons. The minimum atomic E-state index is -0.677. The number of carbonyl (C=O) groups is 2. The van der Waals surface area contributed by atoms with E-state index >= 15 is 0 Å². The van der Waals surface area contributed by atoms with E-state index in [0.717, 1.165) is 36.2 Å². The van der Waals surface area contributed by atoms with Gasteiger partial charge in [0.05, 0.1) is 30.3 Å². The average Bonchev–Trinajstić information content (AvgIpc) is 2.99. The van der Waals surface area contributed by atoms with Gasteiger partial charge in [-0.3, -0.25) is 0 Å². The highest BCUT2D eigenvalue weighted by atomic mass is 16.5. The highest BCUT2D eigenvalue weighted by Gasteiger charge is 2.25. The van der Waals surface area contributed by atoms with Crippen molar-refractivity contribution in [2.75, 3.05) is 26.4 Å².